The van der Waals surface area contributed by atoms with E-state index in [4.69, 9.17) is 9.47 Å². The fraction of sp³-hybridized carbons (Fsp3) is 0.417. The summed E-state index contributed by atoms with van der Waals surface area (Å²) < 4.78 is 13.1. The Kier molecular flexibility index (Phi) is 4.85. The molecular weight excluding hydrogens is 378 g/mol. The van der Waals surface area contributed by atoms with Crippen molar-refractivity contribution in [3.63, 3.8) is 0 Å². The van der Waals surface area contributed by atoms with E-state index >= 15 is 0 Å². The van der Waals surface area contributed by atoms with Crippen molar-refractivity contribution >= 4 is 32.7 Å². The topological polar surface area (TPSA) is 69.1 Å². The molecule has 6 heteroatoms. The zero-order valence-corrected chi connectivity index (χ0v) is 17.5. The summed E-state index contributed by atoms with van der Waals surface area (Å²) in [6.45, 7) is 0. The van der Waals surface area contributed by atoms with Gasteiger partial charge in [-0.15, -0.1) is 0 Å². The van der Waals surface area contributed by atoms with Gasteiger partial charge in [-0.1, -0.05) is 32.1 Å². The van der Waals surface area contributed by atoms with Crippen LogP contribution < -0.4 is 15.0 Å². The van der Waals surface area contributed by atoms with E-state index in [1.807, 2.05) is 35.2 Å². The molecule has 1 saturated carbocycles. The summed E-state index contributed by atoms with van der Waals surface area (Å²) >= 11 is 0. The molecule has 1 aliphatic rings. The summed E-state index contributed by atoms with van der Waals surface area (Å²) in [5.74, 6) is 1.19. The van der Waals surface area contributed by atoms with Crippen molar-refractivity contribution in [2.75, 3.05) is 14.2 Å². The Morgan fingerprint density at radius 2 is 1.60 bits per heavy atom. The fourth-order valence-electron chi connectivity index (χ4n) is 5.00. The number of nitrogens with one attached hydrogen (secondary N) is 1. The molecule has 0 aliphatic heterocycles. The molecule has 4 aromatic rings. The molecule has 0 saturated heterocycles. The van der Waals surface area contributed by atoms with E-state index in [1.165, 1.54) is 19.3 Å². The van der Waals surface area contributed by atoms with Crippen molar-refractivity contribution in [2.45, 2.75) is 51.0 Å². The van der Waals surface area contributed by atoms with E-state index in [-0.39, 0.29) is 11.6 Å². The van der Waals surface area contributed by atoms with E-state index < -0.39 is 0 Å². The number of pyridine rings is 2. The standard InChI is InChI=1S/C24H27N3O3/c1-29-20-12-17-18(13-21(20)30-2)24(28)27(15-8-6-4-3-5-7-9-15)22-16-10-11-25-23(16)26-14-19(17)22/h10-15H,3-9H2,1-2H3,(H,25,26). The summed E-state index contributed by atoms with van der Waals surface area (Å²) in [5, 5.41) is 3.47. The second kappa shape index (κ2) is 7.67. The largest absolute Gasteiger partial charge is 0.493 e. The van der Waals surface area contributed by atoms with Crippen LogP contribution in [0.3, 0.4) is 0 Å². The van der Waals surface area contributed by atoms with E-state index in [1.54, 1.807) is 14.2 Å². The molecule has 30 heavy (non-hydrogen) atoms. The molecule has 3 aromatic heterocycles. The first kappa shape index (κ1) is 19.0. The fourth-order valence-corrected chi connectivity index (χ4v) is 5.00. The number of nitrogens with zero attached hydrogens (tertiary/aromatic N) is 2. The van der Waals surface area contributed by atoms with Crippen LogP contribution in [0.15, 0.2) is 35.4 Å². The highest BCUT2D eigenvalue weighted by Crippen LogP contribution is 2.37. The Hall–Kier alpha value is -3.02. The van der Waals surface area contributed by atoms with Gasteiger partial charge in [-0.3, -0.25) is 4.79 Å². The van der Waals surface area contributed by atoms with Crippen molar-refractivity contribution in [3.8, 4) is 11.5 Å². The molecule has 0 unspecified atom stereocenters. The number of ether oxygens (including phenoxy) is 2. The summed E-state index contributed by atoms with van der Waals surface area (Å²) in [5.41, 5.74) is 1.82. The number of rotatable bonds is 3. The monoisotopic (exact) mass is 405 g/mol. The predicted molar refractivity (Wildman–Crippen MR) is 120 cm³/mol. The van der Waals surface area contributed by atoms with Gasteiger partial charge in [0.15, 0.2) is 11.5 Å². The van der Waals surface area contributed by atoms with Crippen molar-refractivity contribution < 1.29 is 9.47 Å². The smallest absolute Gasteiger partial charge is 0.259 e. The Balaban J connectivity index is 1.91. The molecule has 6 nitrogen and oxygen atoms in total. The summed E-state index contributed by atoms with van der Waals surface area (Å²) in [7, 11) is 3.22. The quantitative estimate of drug-likeness (QED) is 0.468. The molecule has 1 aromatic carbocycles. The first-order valence-electron chi connectivity index (χ1n) is 10.8. The maximum Gasteiger partial charge on any atom is 0.259 e. The SMILES string of the molecule is COc1cc2c(=O)n(C3CCCCCCC3)c3c4cc[nH]c4ncc3c2cc1OC. The molecule has 3 heterocycles. The lowest BCUT2D eigenvalue weighted by atomic mass is 9.95. The van der Waals surface area contributed by atoms with Crippen molar-refractivity contribution in [2.24, 2.45) is 0 Å². The van der Waals surface area contributed by atoms with Crippen LogP contribution in [-0.4, -0.2) is 28.8 Å². The molecule has 1 fully saturated rings. The minimum Gasteiger partial charge on any atom is -0.493 e. The number of benzene rings is 1. The molecular formula is C24H27N3O3. The van der Waals surface area contributed by atoms with E-state index in [9.17, 15) is 4.79 Å². The third-order valence-electron chi connectivity index (χ3n) is 6.50. The molecule has 1 N–H and O–H groups in total. The van der Waals surface area contributed by atoms with Crippen LogP contribution >= 0.6 is 0 Å². The van der Waals surface area contributed by atoms with Crippen molar-refractivity contribution in [3.05, 3.63) is 40.9 Å². The molecule has 0 spiro atoms. The lowest BCUT2D eigenvalue weighted by Crippen LogP contribution is -2.26. The van der Waals surface area contributed by atoms with Gasteiger partial charge in [0.05, 0.1) is 25.1 Å². The van der Waals surface area contributed by atoms with Crippen molar-refractivity contribution in [1.29, 1.82) is 0 Å². The van der Waals surface area contributed by atoms with E-state index in [0.29, 0.717) is 16.9 Å². The Labute approximate surface area is 174 Å². The predicted octanol–water partition coefficient (Wildman–Crippen LogP) is 5.33. The van der Waals surface area contributed by atoms with Crippen LogP contribution in [0.5, 0.6) is 11.5 Å². The van der Waals surface area contributed by atoms with Gasteiger partial charge in [0.1, 0.15) is 5.65 Å². The molecule has 0 bridgehead atoms. The highest BCUT2D eigenvalue weighted by molar-refractivity contribution is 6.14. The minimum atomic E-state index is 0.0396. The molecule has 0 radical (unpaired) electrons. The number of H-pyrrole nitrogens is 1. The average Bonchev–Trinajstić information content (AvgIpc) is 3.23. The minimum absolute atomic E-state index is 0.0396. The molecule has 0 amide bonds. The number of aromatic nitrogens is 3. The third-order valence-corrected chi connectivity index (χ3v) is 6.50. The van der Waals surface area contributed by atoms with Gasteiger partial charge in [0.25, 0.3) is 5.56 Å². The van der Waals surface area contributed by atoms with Crippen LogP contribution in [0, 0.1) is 0 Å². The Morgan fingerprint density at radius 3 is 2.30 bits per heavy atom. The van der Waals surface area contributed by atoms with Gasteiger partial charge in [0.2, 0.25) is 0 Å². The Bertz CT molecular complexity index is 1280. The van der Waals surface area contributed by atoms with Gasteiger partial charge in [-0.05, 0) is 31.0 Å². The van der Waals surface area contributed by atoms with Crippen LogP contribution in [0.25, 0.3) is 32.7 Å². The van der Waals surface area contributed by atoms with Crippen LogP contribution in [0.1, 0.15) is 51.0 Å². The average molecular weight is 405 g/mol. The summed E-state index contributed by atoms with van der Waals surface area (Å²) in [4.78, 5) is 21.7. The van der Waals surface area contributed by atoms with Crippen molar-refractivity contribution in [1.82, 2.24) is 14.5 Å². The lowest BCUT2D eigenvalue weighted by Gasteiger charge is -2.25. The molecule has 5 rings (SSSR count). The van der Waals surface area contributed by atoms with Crippen LogP contribution in [0.4, 0.5) is 0 Å². The van der Waals surface area contributed by atoms with Crippen LogP contribution in [-0.2, 0) is 0 Å². The summed E-state index contributed by atoms with van der Waals surface area (Å²) in [6.07, 6.45) is 11.9. The Morgan fingerprint density at radius 1 is 0.933 bits per heavy atom. The first-order chi connectivity index (χ1) is 14.7. The zero-order valence-electron chi connectivity index (χ0n) is 17.5. The number of hydrogen-bond acceptors (Lipinski definition) is 4. The second-order valence-electron chi connectivity index (χ2n) is 8.19. The number of hydrogen-bond donors (Lipinski definition) is 1. The molecule has 0 atom stereocenters. The van der Waals surface area contributed by atoms with E-state index in [0.717, 1.165) is 53.0 Å². The van der Waals surface area contributed by atoms with Gasteiger partial charge in [-0.25, -0.2) is 4.98 Å². The molecule has 156 valence electrons. The third kappa shape index (κ3) is 2.93. The number of aromatic amines is 1. The number of fused-ring (bicyclic) bond motifs is 5. The van der Waals surface area contributed by atoms with E-state index in [2.05, 4.69) is 9.97 Å². The lowest BCUT2D eigenvalue weighted by molar-refractivity contribution is 0.355. The maximum atomic E-state index is 13.9. The van der Waals surface area contributed by atoms with Crippen LogP contribution in [0.2, 0.25) is 0 Å². The van der Waals surface area contributed by atoms with Gasteiger partial charge in [0, 0.05) is 34.6 Å². The van der Waals surface area contributed by atoms with Gasteiger partial charge in [-0.2, -0.15) is 0 Å². The highest BCUT2D eigenvalue weighted by Gasteiger charge is 2.23. The second-order valence-corrected chi connectivity index (χ2v) is 8.19. The van der Waals surface area contributed by atoms with Gasteiger partial charge >= 0.3 is 0 Å². The summed E-state index contributed by atoms with van der Waals surface area (Å²) in [6, 6.07) is 5.94. The van der Waals surface area contributed by atoms with Gasteiger partial charge < -0.3 is 19.0 Å². The normalized spacial score (nSPS) is 16.1. The zero-order chi connectivity index (χ0) is 20.7. The first-order valence-corrected chi connectivity index (χ1v) is 10.8. The maximum absolute atomic E-state index is 13.9. The molecule has 1 aliphatic carbocycles. The highest BCUT2D eigenvalue weighted by atomic mass is 16.5. The number of methoxy groups -OCH3 is 2.